The quantitative estimate of drug-likeness (QED) is 0.913. The Hall–Kier alpha value is -2.27. The number of aromatic carboxylic acids is 2. The van der Waals surface area contributed by atoms with Crippen LogP contribution in [-0.2, 0) is 13.0 Å². The number of fused-ring (bicyclic) bond motifs is 1. The molecule has 5 nitrogen and oxygen atoms in total. The van der Waals surface area contributed by atoms with Crippen molar-refractivity contribution in [2.45, 2.75) is 19.4 Å². The number of hydrogen-bond acceptors (Lipinski definition) is 2. The summed E-state index contributed by atoms with van der Waals surface area (Å²) < 4.78 is 1.80. The molecule has 2 aromatic rings. The van der Waals surface area contributed by atoms with Crippen LogP contribution in [0, 0.1) is 0 Å². The molecule has 0 radical (unpaired) electrons. The molecule has 0 bridgehead atoms. The number of benzene rings is 1. The van der Waals surface area contributed by atoms with E-state index in [0.717, 1.165) is 6.42 Å². The van der Waals surface area contributed by atoms with Crippen LogP contribution in [0.3, 0.4) is 0 Å². The minimum Gasteiger partial charge on any atom is -0.478 e. The van der Waals surface area contributed by atoms with E-state index in [9.17, 15) is 19.8 Å². The van der Waals surface area contributed by atoms with E-state index < -0.39 is 11.9 Å². The molecule has 2 heterocycles. The fourth-order valence-corrected chi connectivity index (χ4v) is 3.05. The normalized spacial score (nSPS) is 13.2. The summed E-state index contributed by atoms with van der Waals surface area (Å²) in [6.45, 7) is 0.626. The topological polar surface area (TPSA) is 79.5 Å². The Bertz CT molecular complexity index is 746. The molecule has 0 fully saturated rings. The van der Waals surface area contributed by atoms with Gasteiger partial charge in [0.15, 0.2) is 0 Å². The standard InChI is InChI=1S/C15H12ClNO4/c16-9-5-3-8(4-6-9)13-12(15(20)21)11(14(18)19)10-2-1-7-17(10)13/h3-6H,1-2,7H2,(H,18,19)(H,20,21). The molecular weight excluding hydrogens is 294 g/mol. The van der Waals surface area contributed by atoms with Crippen LogP contribution >= 0.6 is 11.6 Å². The van der Waals surface area contributed by atoms with E-state index in [2.05, 4.69) is 0 Å². The lowest BCUT2D eigenvalue weighted by Gasteiger charge is -2.08. The summed E-state index contributed by atoms with van der Waals surface area (Å²) in [6, 6.07) is 6.75. The molecule has 1 aromatic heterocycles. The predicted octanol–water partition coefficient (Wildman–Crippen LogP) is 3.15. The van der Waals surface area contributed by atoms with Gasteiger partial charge in [0.05, 0.1) is 16.8 Å². The Morgan fingerprint density at radius 3 is 2.24 bits per heavy atom. The molecule has 21 heavy (non-hydrogen) atoms. The maximum Gasteiger partial charge on any atom is 0.338 e. The lowest BCUT2D eigenvalue weighted by Crippen LogP contribution is -2.08. The number of rotatable bonds is 3. The second-order valence-corrected chi connectivity index (χ2v) is 5.35. The lowest BCUT2D eigenvalue weighted by molar-refractivity contribution is 0.0652. The Morgan fingerprint density at radius 1 is 1.05 bits per heavy atom. The maximum absolute atomic E-state index is 11.6. The van der Waals surface area contributed by atoms with Gasteiger partial charge in [0, 0.05) is 17.3 Å². The van der Waals surface area contributed by atoms with E-state index in [1.165, 1.54) is 0 Å². The SMILES string of the molecule is O=C(O)c1c(C(=O)O)c(-c2ccc(Cl)cc2)n2c1CCC2. The van der Waals surface area contributed by atoms with Crippen LogP contribution in [0.2, 0.25) is 5.02 Å². The van der Waals surface area contributed by atoms with E-state index in [1.54, 1.807) is 28.8 Å². The van der Waals surface area contributed by atoms with Crippen LogP contribution in [0.15, 0.2) is 24.3 Å². The number of nitrogens with zero attached hydrogens (tertiary/aromatic N) is 1. The molecule has 0 unspecified atom stereocenters. The summed E-state index contributed by atoms with van der Waals surface area (Å²) in [5.74, 6) is -2.42. The minimum atomic E-state index is -1.22. The van der Waals surface area contributed by atoms with Crippen LogP contribution in [0.1, 0.15) is 32.8 Å². The molecule has 0 amide bonds. The monoisotopic (exact) mass is 305 g/mol. The van der Waals surface area contributed by atoms with E-state index in [4.69, 9.17) is 11.6 Å². The van der Waals surface area contributed by atoms with Crippen LogP contribution in [0.5, 0.6) is 0 Å². The zero-order valence-corrected chi connectivity index (χ0v) is 11.7. The zero-order valence-electron chi connectivity index (χ0n) is 11.0. The first-order valence-electron chi connectivity index (χ1n) is 6.48. The molecule has 2 N–H and O–H groups in total. The zero-order chi connectivity index (χ0) is 15.1. The van der Waals surface area contributed by atoms with Crippen LogP contribution in [0.4, 0.5) is 0 Å². The van der Waals surface area contributed by atoms with Gasteiger partial charge < -0.3 is 14.8 Å². The Kier molecular flexibility index (Phi) is 3.22. The Labute approximate surface area is 125 Å². The van der Waals surface area contributed by atoms with Crippen molar-refractivity contribution in [3.05, 3.63) is 46.1 Å². The van der Waals surface area contributed by atoms with Crippen LogP contribution in [0.25, 0.3) is 11.3 Å². The van der Waals surface area contributed by atoms with Gasteiger partial charge in [-0.05, 0) is 30.5 Å². The van der Waals surface area contributed by atoms with E-state index >= 15 is 0 Å². The highest BCUT2D eigenvalue weighted by Crippen LogP contribution is 2.36. The van der Waals surface area contributed by atoms with Crippen molar-refractivity contribution in [3.63, 3.8) is 0 Å². The van der Waals surface area contributed by atoms with Crippen molar-refractivity contribution in [2.24, 2.45) is 0 Å². The first-order chi connectivity index (χ1) is 10.0. The number of carboxylic acid groups (broad SMARTS) is 2. The largest absolute Gasteiger partial charge is 0.478 e. The van der Waals surface area contributed by atoms with E-state index in [0.29, 0.717) is 34.9 Å². The van der Waals surface area contributed by atoms with Crippen LogP contribution < -0.4 is 0 Å². The van der Waals surface area contributed by atoms with Crippen molar-refractivity contribution >= 4 is 23.5 Å². The summed E-state index contributed by atoms with van der Waals surface area (Å²) in [5, 5.41) is 19.4. The third-order valence-electron chi connectivity index (χ3n) is 3.71. The van der Waals surface area contributed by atoms with Gasteiger partial charge >= 0.3 is 11.9 Å². The van der Waals surface area contributed by atoms with Gasteiger partial charge in [-0.25, -0.2) is 9.59 Å². The summed E-state index contributed by atoms with van der Waals surface area (Å²) in [6.07, 6.45) is 1.39. The second kappa shape index (κ2) is 4.93. The molecule has 0 atom stereocenters. The highest BCUT2D eigenvalue weighted by atomic mass is 35.5. The van der Waals surface area contributed by atoms with Gasteiger partial charge in [-0.3, -0.25) is 0 Å². The molecule has 0 saturated heterocycles. The molecule has 0 aliphatic carbocycles. The highest BCUT2D eigenvalue weighted by molar-refractivity contribution is 6.30. The molecule has 0 saturated carbocycles. The van der Waals surface area contributed by atoms with E-state index in [-0.39, 0.29) is 11.1 Å². The van der Waals surface area contributed by atoms with Gasteiger partial charge in [0.25, 0.3) is 0 Å². The van der Waals surface area contributed by atoms with Crippen molar-refractivity contribution in [1.82, 2.24) is 4.57 Å². The summed E-state index contributed by atoms with van der Waals surface area (Å²) >= 11 is 5.86. The van der Waals surface area contributed by atoms with Gasteiger partial charge in [-0.15, -0.1) is 0 Å². The summed E-state index contributed by atoms with van der Waals surface area (Å²) in [5.41, 5.74) is 1.46. The highest BCUT2D eigenvalue weighted by Gasteiger charge is 2.33. The Morgan fingerprint density at radius 2 is 1.67 bits per heavy atom. The molecule has 1 aliphatic rings. The van der Waals surface area contributed by atoms with Gasteiger partial charge in [-0.2, -0.15) is 0 Å². The molecule has 0 spiro atoms. The van der Waals surface area contributed by atoms with E-state index in [1.807, 2.05) is 0 Å². The van der Waals surface area contributed by atoms with Gasteiger partial charge in [0.2, 0.25) is 0 Å². The molecular formula is C15H12ClNO4. The fourth-order valence-electron chi connectivity index (χ4n) is 2.93. The van der Waals surface area contributed by atoms with Crippen molar-refractivity contribution in [1.29, 1.82) is 0 Å². The van der Waals surface area contributed by atoms with Crippen molar-refractivity contribution in [2.75, 3.05) is 0 Å². The molecule has 108 valence electrons. The average molecular weight is 306 g/mol. The number of halogens is 1. The minimum absolute atomic E-state index is 0.0926. The number of carbonyl (C=O) groups is 2. The first-order valence-corrected chi connectivity index (χ1v) is 6.86. The predicted molar refractivity (Wildman–Crippen MR) is 77.1 cm³/mol. The number of carboxylic acids is 2. The second-order valence-electron chi connectivity index (χ2n) is 4.92. The third-order valence-corrected chi connectivity index (χ3v) is 3.96. The Balaban J connectivity index is 2.33. The average Bonchev–Trinajstić information content (AvgIpc) is 2.98. The molecule has 1 aromatic carbocycles. The molecule has 1 aliphatic heterocycles. The lowest BCUT2D eigenvalue weighted by atomic mass is 10.0. The van der Waals surface area contributed by atoms with Crippen molar-refractivity contribution < 1.29 is 19.8 Å². The number of hydrogen-bond donors (Lipinski definition) is 2. The fraction of sp³-hybridized carbons (Fsp3) is 0.200. The molecule has 3 rings (SSSR count). The van der Waals surface area contributed by atoms with Crippen LogP contribution in [-0.4, -0.2) is 26.7 Å². The maximum atomic E-state index is 11.6. The third kappa shape index (κ3) is 2.10. The van der Waals surface area contributed by atoms with Crippen molar-refractivity contribution in [3.8, 4) is 11.3 Å². The molecule has 6 heteroatoms. The summed E-state index contributed by atoms with van der Waals surface area (Å²) in [7, 11) is 0. The van der Waals surface area contributed by atoms with Gasteiger partial charge in [-0.1, -0.05) is 23.7 Å². The first kappa shape index (κ1) is 13.7. The number of aromatic nitrogens is 1. The smallest absolute Gasteiger partial charge is 0.338 e. The van der Waals surface area contributed by atoms with Gasteiger partial charge in [0.1, 0.15) is 0 Å². The summed E-state index contributed by atoms with van der Waals surface area (Å²) in [4.78, 5) is 23.1.